The van der Waals surface area contributed by atoms with Gasteiger partial charge < -0.3 is 14.2 Å². The number of hydrogen-bond acceptors (Lipinski definition) is 8. The van der Waals surface area contributed by atoms with Gasteiger partial charge in [-0.3, -0.25) is 4.18 Å². The van der Waals surface area contributed by atoms with Crippen LogP contribution >= 0.6 is 0 Å². The van der Waals surface area contributed by atoms with Crippen molar-refractivity contribution in [2.45, 2.75) is 57.5 Å². The second-order valence-electron chi connectivity index (χ2n) is 8.80. The molecule has 2 aromatic carbocycles. The molecule has 37 heavy (non-hydrogen) atoms. The molecule has 204 valence electrons. The molecule has 9 heteroatoms. The van der Waals surface area contributed by atoms with Gasteiger partial charge in [0.2, 0.25) is 0 Å². The van der Waals surface area contributed by atoms with Gasteiger partial charge in [0.25, 0.3) is 10.1 Å². The molecule has 1 atom stereocenters. The van der Waals surface area contributed by atoms with Crippen LogP contribution in [0.2, 0.25) is 0 Å². The van der Waals surface area contributed by atoms with Crippen molar-refractivity contribution in [1.29, 1.82) is 0 Å². The van der Waals surface area contributed by atoms with Crippen molar-refractivity contribution < 1.29 is 36.4 Å². The van der Waals surface area contributed by atoms with Gasteiger partial charge >= 0.3 is 11.9 Å². The van der Waals surface area contributed by atoms with Gasteiger partial charge in [-0.1, -0.05) is 55.3 Å². The molecule has 8 nitrogen and oxygen atoms in total. The van der Waals surface area contributed by atoms with E-state index in [1.165, 1.54) is 14.2 Å². The number of carbonyl (C=O) groups is 2. The van der Waals surface area contributed by atoms with Crippen molar-refractivity contribution in [3.63, 3.8) is 0 Å². The van der Waals surface area contributed by atoms with E-state index in [0.717, 1.165) is 48.6 Å². The zero-order valence-corrected chi connectivity index (χ0v) is 22.8. The Bertz CT molecular complexity index is 1100. The third-order valence-corrected chi connectivity index (χ3v) is 6.55. The van der Waals surface area contributed by atoms with E-state index in [-0.39, 0.29) is 12.6 Å². The average Bonchev–Trinajstić information content (AvgIpc) is 2.89. The Morgan fingerprint density at radius 2 is 1.38 bits per heavy atom. The number of rotatable bonds is 17. The van der Waals surface area contributed by atoms with Crippen LogP contribution in [0.5, 0.6) is 0 Å². The Kier molecular flexibility index (Phi) is 13.3. The number of esters is 2. The number of ether oxygens (including phenoxy) is 3. The molecule has 0 N–H and O–H groups in total. The van der Waals surface area contributed by atoms with Crippen LogP contribution in [0.4, 0.5) is 0 Å². The zero-order chi connectivity index (χ0) is 27.1. The third-order valence-electron chi connectivity index (χ3n) is 5.96. The molecule has 0 heterocycles. The topological polar surface area (TPSA) is 105 Å². The van der Waals surface area contributed by atoms with Crippen LogP contribution in [0.15, 0.2) is 48.5 Å². The van der Waals surface area contributed by atoms with Gasteiger partial charge in [0.05, 0.1) is 32.6 Å². The molecule has 0 saturated heterocycles. The smallest absolute Gasteiger partial charge is 0.338 e. The molecule has 0 aromatic heterocycles. The molecule has 1 unspecified atom stereocenters. The molecule has 0 radical (unpaired) electrons. The zero-order valence-electron chi connectivity index (χ0n) is 21.9. The maximum Gasteiger partial charge on any atom is 0.338 e. The molecule has 0 aliphatic heterocycles. The highest BCUT2D eigenvalue weighted by Gasteiger charge is 2.22. The monoisotopic (exact) mass is 534 g/mol. The Balaban J connectivity index is 1.87. The number of carbonyl (C=O) groups excluding carboxylic acids is 2. The van der Waals surface area contributed by atoms with Gasteiger partial charge in [0.1, 0.15) is 0 Å². The van der Waals surface area contributed by atoms with Crippen LogP contribution in [0.3, 0.4) is 0 Å². The summed E-state index contributed by atoms with van der Waals surface area (Å²) in [6, 6.07) is 15.3. The van der Waals surface area contributed by atoms with E-state index in [9.17, 15) is 18.0 Å². The van der Waals surface area contributed by atoms with E-state index >= 15 is 0 Å². The van der Waals surface area contributed by atoms with Gasteiger partial charge in [0.15, 0.2) is 6.10 Å². The van der Waals surface area contributed by atoms with E-state index < -0.39 is 22.2 Å². The lowest BCUT2D eigenvalue weighted by molar-refractivity contribution is -0.154. The van der Waals surface area contributed by atoms with Crippen molar-refractivity contribution in [3.8, 4) is 0 Å². The van der Waals surface area contributed by atoms with Crippen molar-refractivity contribution in [2.24, 2.45) is 0 Å². The first-order valence-corrected chi connectivity index (χ1v) is 14.3. The predicted molar refractivity (Wildman–Crippen MR) is 141 cm³/mol. The molecular formula is C28H38O8S. The first kappa shape index (κ1) is 30.5. The van der Waals surface area contributed by atoms with E-state index in [1.807, 2.05) is 30.3 Å². The lowest BCUT2D eigenvalue weighted by Crippen LogP contribution is -2.29. The first-order valence-electron chi connectivity index (χ1n) is 12.5. The molecule has 2 aromatic rings. The summed E-state index contributed by atoms with van der Waals surface area (Å²) in [5.41, 5.74) is 3.60. The Morgan fingerprint density at radius 1 is 0.757 bits per heavy atom. The van der Waals surface area contributed by atoms with Crippen LogP contribution in [0, 0.1) is 0 Å². The Labute approximate surface area is 220 Å². The van der Waals surface area contributed by atoms with Gasteiger partial charge in [-0.2, -0.15) is 8.42 Å². The number of methoxy groups -OCH3 is 2. The van der Waals surface area contributed by atoms with Gasteiger partial charge in [0, 0.05) is 13.0 Å². The largest absolute Gasteiger partial charge is 0.467 e. The maximum atomic E-state index is 12.4. The van der Waals surface area contributed by atoms with Gasteiger partial charge in [-0.15, -0.1) is 0 Å². The summed E-state index contributed by atoms with van der Waals surface area (Å²) >= 11 is 0. The van der Waals surface area contributed by atoms with Crippen molar-refractivity contribution in [1.82, 2.24) is 0 Å². The fraction of sp³-hybridized carbons (Fsp3) is 0.500. The van der Waals surface area contributed by atoms with Crippen LogP contribution < -0.4 is 0 Å². The second-order valence-corrected chi connectivity index (χ2v) is 10.4. The van der Waals surface area contributed by atoms with Crippen LogP contribution in [0.1, 0.15) is 59.2 Å². The minimum atomic E-state index is -3.38. The summed E-state index contributed by atoms with van der Waals surface area (Å²) in [5.74, 6) is -0.793. The fourth-order valence-corrected chi connectivity index (χ4v) is 4.48. The first-order chi connectivity index (χ1) is 17.7. The number of unbranched alkanes of at least 4 members (excludes halogenated alkanes) is 3. The minimum absolute atomic E-state index is 0.210. The SMILES string of the molecule is COC(=O)c1ccccc1CCCOC(Cc1ccccc1CCCCCCOS(C)(=O)=O)C(=O)OC. The number of aryl methyl sites for hydroxylation is 2. The molecule has 0 fully saturated rings. The highest BCUT2D eigenvalue weighted by molar-refractivity contribution is 7.85. The van der Waals surface area contributed by atoms with Crippen molar-refractivity contribution in [2.75, 3.05) is 33.7 Å². The van der Waals surface area contributed by atoms with Gasteiger partial charge in [-0.25, -0.2) is 9.59 Å². The second kappa shape index (κ2) is 16.2. The average molecular weight is 535 g/mol. The highest BCUT2D eigenvalue weighted by atomic mass is 32.2. The molecule has 2 rings (SSSR count). The summed E-state index contributed by atoms with van der Waals surface area (Å²) in [4.78, 5) is 24.4. The predicted octanol–water partition coefficient (Wildman–Crippen LogP) is 4.29. The summed E-state index contributed by atoms with van der Waals surface area (Å²) < 4.78 is 42.6. The Morgan fingerprint density at radius 3 is 2.05 bits per heavy atom. The number of hydrogen-bond donors (Lipinski definition) is 0. The van der Waals surface area contributed by atoms with Crippen LogP contribution in [-0.4, -0.2) is 60.1 Å². The van der Waals surface area contributed by atoms with Crippen LogP contribution in [-0.2, 0) is 52.6 Å². The molecule has 0 spiro atoms. The van der Waals surface area contributed by atoms with E-state index in [0.29, 0.717) is 37.9 Å². The highest BCUT2D eigenvalue weighted by Crippen LogP contribution is 2.18. The summed E-state index contributed by atoms with van der Waals surface area (Å²) in [6.07, 6.45) is 6.30. The number of benzene rings is 2. The molecular weight excluding hydrogens is 496 g/mol. The summed E-state index contributed by atoms with van der Waals surface area (Å²) in [5, 5.41) is 0. The maximum absolute atomic E-state index is 12.4. The Hall–Kier alpha value is -2.75. The van der Waals surface area contributed by atoms with E-state index in [2.05, 4.69) is 6.07 Å². The van der Waals surface area contributed by atoms with Gasteiger partial charge in [-0.05, 0) is 54.9 Å². The normalized spacial score (nSPS) is 12.2. The summed E-state index contributed by atoms with van der Waals surface area (Å²) in [6.45, 7) is 0.550. The quantitative estimate of drug-likeness (QED) is 0.168. The molecule has 0 saturated carbocycles. The lowest BCUT2D eigenvalue weighted by Gasteiger charge is -2.18. The molecule has 0 bridgehead atoms. The minimum Gasteiger partial charge on any atom is -0.467 e. The van der Waals surface area contributed by atoms with Crippen LogP contribution in [0.25, 0.3) is 0 Å². The standard InChI is InChI=1S/C28H38O8S/c1-33-27(29)25-18-10-9-15-23(25)17-12-19-35-26(28(30)34-2)21-24-16-8-7-14-22(24)13-6-4-5-11-20-36-37(3,31)32/h7-10,14-16,18,26H,4-6,11-13,17,19-21H2,1-3H3. The fourth-order valence-electron chi connectivity index (χ4n) is 4.06. The van der Waals surface area contributed by atoms with Crippen molar-refractivity contribution in [3.05, 3.63) is 70.8 Å². The van der Waals surface area contributed by atoms with E-state index in [4.69, 9.17) is 18.4 Å². The molecule has 0 amide bonds. The molecule has 0 aliphatic rings. The lowest BCUT2D eigenvalue weighted by atomic mass is 9.97. The third kappa shape index (κ3) is 11.5. The van der Waals surface area contributed by atoms with Crippen molar-refractivity contribution >= 4 is 22.1 Å². The molecule has 0 aliphatic carbocycles. The van der Waals surface area contributed by atoms with E-state index in [1.54, 1.807) is 12.1 Å². The summed E-state index contributed by atoms with van der Waals surface area (Å²) in [7, 11) is -0.673.